The lowest BCUT2D eigenvalue weighted by Gasteiger charge is -2.35. The van der Waals surface area contributed by atoms with Crippen LogP contribution in [0.4, 0.5) is 10.1 Å². The van der Waals surface area contributed by atoms with Crippen LogP contribution < -0.4 is 4.90 Å². The lowest BCUT2D eigenvalue weighted by Crippen LogP contribution is -2.34. The van der Waals surface area contributed by atoms with Crippen molar-refractivity contribution in [2.24, 2.45) is 11.8 Å². The van der Waals surface area contributed by atoms with Gasteiger partial charge in [0.25, 0.3) is 5.91 Å². The second-order valence-corrected chi connectivity index (χ2v) is 7.97. The van der Waals surface area contributed by atoms with Gasteiger partial charge in [-0.3, -0.25) is 19.3 Å². The van der Waals surface area contributed by atoms with Crippen molar-refractivity contribution in [2.45, 2.75) is 18.9 Å². The summed E-state index contributed by atoms with van der Waals surface area (Å²) >= 11 is 12.1. The van der Waals surface area contributed by atoms with Gasteiger partial charge in [-0.05, 0) is 42.2 Å². The molecule has 2 heterocycles. The Labute approximate surface area is 163 Å². The molecule has 2 unspecified atom stereocenters. The molecular formula is C20H12Cl2FNO3. The molecule has 1 amide bonds. The van der Waals surface area contributed by atoms with Crippen LogP contribution in [0.2, 0.25) is 10.0 Å². The fourth-order valence-electron chi connectivity index (χ4n) is 4.15. The van der Waals surface area contributed by atoms with Gasteiger partial charge in [0, 0.05) is 16.5 Å². The number of nitrogens with zero attached hydrogens (tertiary/aromatic N) is 1. The second kappa shape index (κ2) is 5.63. The number of halogens is 3. The minimum absolute atomic E-state index is 0.0632. The summed E-state index contributed by atoms with van der Waals surface area (Å²) in [5, 5.41) is 0.277. The third kappa shape index (κ3) is 2.25. The van der Waals surface area contributed by atoms with Gasteiger partial charge in [-0.2, -0.15) is 0 Å². The van der Waals surface area contributed by atoms with Gasteiger partial charge in [-0.1, -0.05) is 35.3 Å². The highest BCUT2D eigenvalue weighted by molar-refractivity contribution is 6.49. The molecule has 3 aliphatic rings. The number of rotatable bonds is 2. The summed E-state index contributed by atoms with van der Waals surface area (Å²) < 4.78 is 15.0. The van der Waals surface area contributed by atoms with Crippen LogP contribution in [0.5, 0.6) is 0 Å². The second-order valence-electron chi connectivity index (χ2n) is 7.13. The number of hydrogen-bond acceptors (Lipinski definition) is 3. The van der Waals surface area contributed by atoms with Crippen molar-refractivity contribution in [2.75, 3.05) is 4.90 Å². The Morgan fingerprint density at radius 2 is 1.81 bits per heavy atom. The van der Waals surface area contributed by atoms with Gasteiger partial charge in [0.2, 0.25) is 5.78 Å². The van der Waals surface area contributed by atoms with Crippen molar-refractivity contribution in [3.8, 4) is 11.1 Å². The first kappa shape index (κ1) is 16.9. The maximum atomic E-state index is 15.0. The molecule has 7 heteroatoms. The van der Waals surface area contributed by atoms with Crippen LogP contribution in [0.15, 0.2) is 30.3 Å². The molecule has 0 bridgehead atoms. The Kier molecular flexibility index (Phi) is 3.52. The first-order chi connectivity index (χ1) is 12.9. The molecule has 2 aliphatic heterocycles. The molecule has 4 nitrogen and oxygen atoms in total. The zero-order valence-corrected chi connectivity index (χ0v) is 15.4. The molecule has 27 heavy (non-hydrogen) atoms. The molecule has 1 saturated carbocycles. The summed E-state index contributed by atoms with van der Waals surface area (Å²) in [7, 11) is 0. The van der Waals surface area contributed by atoms with Crippen molar-refractivity contribution in [1.82, 2.24) is 0 Å². The number of Topliss-reactive ketones (excluding diaryl/α,β-unsaturated/α-hetero) is 2. The van der Waals surface area contributed by atoms with E-state index in [2.05, 4.69) is 0 Å². The molecule has 2 aromatic carbocycles. The average molecular weight is 404 g/mol. The lowest BCUT2D eigenvalue weighted by molar-refractivity contribution is -0.139. The standard InChI is InChI=1S/C20H12Cl2FNO3/c21-9-3-4-10-12(7-9)11-5-6-13(22)15(23)17(11)24-16(10)14(19(26)20(24)27)18(25)8-1-2-8/h3-8,14,16H,1-2H2. The number of fused-ring (bicyclic) bond motifs is 6. The number of carbonyl (C=O) groups excluding carboxylic acids is 3. The van der Waals surface area contributed by atoms with Gasteiger partial charge in [0.15, 0.2) is 5.82 Å². The molecule has 0 aromatic heterocycles. The van der Waals surface area contributed by atoms with Crippen LogP contribution in [0.3, 0.4) is 0 Å². The van der Waals surface area contributed by atoms with Gasteiger partial charge in [-0.15, -0.1) is 0 Å². The fraction of sp³-hybridized carbons (Fsp3) is 0.250. The van der Waals surface area contributed by atoms with Crippen LogP contribution in [-0.4, -0.2) is 17.5 Å². The molecule has 0 radical (unpaired) electrons. The molecule has 2 fully saturated rings. The molecule has 1 saturated heterocycles. The predicted molar refractivity (Wildman–Crippen MR) is 98.3 cm³/mol. The third-order valence-corrected chi connectivity index (χ3v) is 6.05. The average Bonchev–Trinajstić information content (AvgIpc) is 3.45. The maximum absolute atomic E-state index is 15.0. The van der Waals surface area contributed by atoms with E-state index in [4.69, 9.17) is 23.2 Å². The lowest BCUT2D eigenvalue weighted by atomic mass is 9.81. The van der Waals surface area contributed by atoms with E-state index >= 15 is 0 Å². The quantitative estimate of drug-likeness (QED) is 0.552. The number of benzene rings is 2. The van der Waals surface area contributed by atoms with Crippen LogP contribution in [0.1, 0.15) is 24.4 Å². The minimum Gasteiger partial charge on any atom is -0.298 e. The number of carbonyl (C=O) groups is 3. The SMILES string of the molecule is O=C1C(=O)N2c3c(ccc(Cl)c3F)-c3cc(Cl)ccc3C2C1C(=O)C1CC1. The van der Waals surface area contributed by atoms with Crippen LogP contribution in [0, 0.1) is 17.7 Å². The van der Waals surface area contributed by atoms with Crippen molar-refractivity contribution < 1.29 is 18.8 Å². The first-order valence-corrected chi connectivity index (χ1v) is 9.34. The molecule has 136 valence electrons. The molecule has 2 aromatic rings. The summed E-state index contributed by atoms with van der Waals surface area (Å²) in [6, 6.07) is 7.12. The third-order valence-electron chi connectivity index (χ3n) is 5.53. The van der Waals surface area contributed by atoms with Crippen molar-refractivity contribution >= 4 is 46.4 Å². The van der Waals surface area contributed by atoms with Gasteiger partial charge >= 0.3 is 0 Å². The summed E-state index contributed by atoms with van der Waals surface area (Å²) in [5.41, 5.74) is 1.58. The smallest absolute Gasteiger partial charge is 0.295 e. The van der Waals surface area contributed by atoms with Crippen molar-refractivity contribution in [3.05, 3.63) is 51.8 Å². The molecule has 5 rings (SSSR count). The Morgan fingerprint density at radius 3 is 2.52 bits per heavy atom. The Morgan fingerprint density at radius 1 is 1.07 bits per heavy atom. The van der Waals surface area contributed by atoms with E-state index in [0.717, 1.165) is 4.90 Å². The van der Waals surface area contributed by atoms with E-state index in [9.17, 15) is 18.8 Å². The summed E-state index contributed by atoms with van der Waals surface area (Å²) in [6.07, 6.45) is 1.43. The first-order valence-electron chi connectivity index (χ1n) is 8.59. The van der Waals surface area contributed by atoms with Gasteiger partial charge in [-0.25, -0.2) is 4.39 Å². The Balaban J connectivity index is 1.81. The zero-order valence-electron chi connectivity index (χ0n) is 13.8. The van der Waals surface area contributed by atoms with E-state index in [0.29, 0.717) is 34.6 Å². The fourth-order valence-corrected chi connectivity index (χ4v) is 4.47. The predicted octanol–water partition coefficient (Wildman–Crippen LogP) is 4.37. The largest absolute Gasteiger partial charge is 0.298 e. The van der Waals surface area contributed by atoms with E-state index < -0.39 is 29.5 Å². The maximum Gasteiger partial charge on any atom is 0.295 e. The normalized spacial score (nSPS) is 23.1. The monoisotopic (exact) mass is 403 g/mol. The number of anilines is 1. The highest BCUT2D eigenvalue weighted by Crippen LogP contribution is 2.54. The number of hydrogen-bond donors (Lipinski definition) is 0. The summed E-state index contributed by atoms with van der Waals surface area (Å²) in [4.78, 5) is 39.4. The minimum atomic E-state index is -1.13. The molecule has 0 N–H and O–H groups in total. The molecule has 2 atom stereocenters. The number of amides is 1. The highest BCUT2D eigenvalue weighted by Gasteiger charge is 2.57. The van der Waals surface area contributed by atoms with Crippen molar-refractivity contribution in [3.63, 3.8) is 0 Å². The highest BCUT2D eigenvalue weighted by atomic mass is 35.5. The molecule has 1 aliphatic carbocycles. The van der Waals surface area contributed by atoms with Crippen LogP contribution in [-0.2, 0) is 14.4 Å². The van der Waals surface area contributed by atoms with Gasteiger partial charge < -0.3 is 0 Å². The van der Waals surface area contributed by atoms with E-state index in [1.54, 1.807) is 24.3 Å². The topological polar surface area (TPSA) is 54.5 Å². The van der Waals surface area contributed by atoms with Gasteiger partial charge in [0.05, 0.1) is 16.8 Å². The van der Waals surface area contributed by atoms with E-state index in [1.807, 2.05) is 0 Å². The van der Waals surface area contributed by atoms with E-state index in [-0.39, 0.29) is 22.4 Å². The summed E-state index contributed by atoms with van der Waals surface area (Å²) in [6.45, 7) is 0. The molecular weight excluding hydrogens is 392 g/mol. The van der Waals surface area contributed by atoms with Crippen molar-refractivity contribution in [1.29, 1.82) is 0 Å². The van der Waals surface area contributed by atoms with Crippen LogP contribution in [0.25, 0.3) is 11.1 Å². The Bertz CT molecular complexity index is 1060. The van der Waals surface area contributed by atoms with Gasteiger partial charge in [0.1, 0.15) is 11.7 Å². The van der Waals surface area contributed by atoms with E-state index in [1.165, 1.54) is 6.07 Å². The zero-order chi connectivity index (χ0) is 19.0. The van der Waals surface area contributed by atoms with Crippen LogP contribution >= 0.6 is 23.2 Å². The molecule has 0 spiro atoms. The summed E-state index contributed by atoms with van der Waals surface area (Å²) in [5.74, 6) is -4.02. The Hall–Kier alpha value is -2.24. The number of ketones is 2.